The number of benzene rings is 1. The van der Waals surface area contributed by atoms with Gasteiger partial charge in [0.2, 0.25) is 0 Å². The van der Waals surface area contributed by atoms with Crippen LogP contribution in [-0.4, -0.2) is 22.4 Å². The molecule has 0 bridgehead atoms. The van der Waals surface area contributed by atoms with E-state index in [2.05, 4.69) is 0 Å². The zero-order valence-corrected chi connectivity index (χ0v) is 11.2. The van der Waals surface area contributed by atoms with Crippen LogP contribution in [0.3, 0.4) is 0 Å². The molecule has 2 unspecified atom stereocenters. The summed E-state index contributed by atoms with van der Waals surface area (Å²) in [5.41, 5.74) is 15.5. The maximum absolute atomic E-state index is 9.58. The minimum absolute atomic E-state index is 0.419. The Balaban J connectivity index is 3.22. The Labute approximate surface area is 109 Å². The number of aliphatic hydroxyl groups excluding tert-OH is 2. The van der Waals surface area contributed by atoms with Crippen molar-refractivity contribution in [2.24, 2.45) is 11.5 Å². The summed E-state index contributed by atoms with van der Waals surface area (Å²) < 4.78 is 0. The molecule has 0 aliphatic heterocycles. The van der Waals surface area contributed by atoms with Crippen LogP contribution >= 0.6 is 0 Å². The van der Waals surface area contributed by atoms with E-state index >= 15 is 0 Å². The van der Waals surface area contributed by atoms with Crippen LogP contribution in [0, 0.1) is 0 Å². The molecule has 102 valence electrons. The first kappa shape index (κ1) is 15.1. The Morgan fingerprint density at radius 2 is 1.50 bits per heavy atom. The summed E-state index contributed by atoms with van der Waals surface area (Å²) >= 11 is 0. The second kappa shape index (κ2) is 6.85. The third kappa shape index (κ3) is 4.07. The fourth-order valence-electron chi connectivity index (χ4n) is 2.23. The zero-order valence-electron chi connectivity index (χ0n) is 11.2. The molecular formula is C14H24N2O2. The fraction of sp³-hybridized carbons (Fsp3) is 0.571. The van der Waals surface area contributed by atoms with Crippen molar-refractivity contribution in [3.63, 3.8) is 0 Å². The van der Waals surface area contributed by atoms with Crippen molar-refractivity contribution in [3.05, 3.63) is 34.4 Å². The topological polar surface area (TPSA) is 92.5 Å². The molecule has 0 aromatic heterocycles. The number of hydrogen-bond acceptors (Lipinski definition) is 4. The number of aliphatic hydroxyl groups is 2. The van der Waals surface area contributed by atoms with Crippen LogP contribution in [0.4, 0.5) is 0 Å². The van der Waals surface area contributed by atoms with E-state index in [9.17, 15) is 10.2 Å². The van der Waals surface area contributed by atoms with Gasteiger partial charge in [-0.25, -0.2) is 0 Å². The number of nitrogens with two attached hydrogens (primary N) is 2. The zero-order chi connectivity index (χ0) is 13.7. The van der Waals surface area contributed by atoms with Gasteiger partial charge in [-0.15, -0.1) is 0 Å². The van der Waals surface area contributed by atoms with E-state index in [4.69, 9.17) is 11.5 Å². The molecule has 0 radical (unpaired) electrons. The van der Waals surface area contributed by atoms with E-state index in [0.717, 1.165) is 22.3 Å². The van der Waals surface area contributed by atoms with E-state index in [1.165, 1.54) is 0 Å². The predicted octanol–water partition coefficient (Wildman–Crippen LogP) is 0.451. The lowest BCUT2D eigenvalue weighted by Crippen LogP contribution is -2.16. The maximum Gasteiger partial charge on any atom is 0.0552 e. The Morgan fingerprint density at radius 1 is 0.944 bits per heavy atom. The Morgan fingerprint density at radius 3 is 1.94 bits per heavy atom. The summed E-state index contributed by atoms with van der Waals surface area (Å²) in [6.07, 6.45) is 0.269. The van der Waals surface area contributed by atoms with Gasteiger partial charge in [0.1, 0.15) is 0 Å². The van der Waals surface area contributed by atoms with E-state index in [1.54, 1.807) is 13.8 Å². The van der Waals surface area contributed by atoms with Crippen LogP contribution in [0.25, 0.3) is 0 Å². The average molecular weight is 252 g/mol. The SMILES string of the molecule is CC(O)Cc1cc(CN)cc(CN)c1CC(C)O. The molecule has 0 saturated heterocycles. The second-order valence-corrected chi connectivity index (χ2v) is 4.91. The van der Waals surface area contributed by atoms with Gasteiger partial charge in [-0.2, -0.15) is 0 Å². The molecule has 2 atom stereocenters. The van der Waals surface area contributed by atoms with Gasteiger partial charge >= 0.3 is 0 Å². The molecule has 0 heterocycles. The molecule has 0 fully saturated rings. The van der Waals surface area contributed by atoms with Crippen LogP contribution in [0.5, 0.6) is 0 Å². The van der Waals surface area contributed by atoms with Gasteiger partial charge in [-0.3, -0.25) is 0 Å². The number of rotatable bonds is 6. The largest absolute Gasteiger partial charge is 0.393 e. The van der Waals surface area contributed by atoms with Crippen LogP contribution in [0.15, 0.2) is 12.1 Å². The lowest BCUT2D eigenvalue weighted by Gasteiger charge is -2.18. The van der Waals surface area contributed by atoms with Crippen molar-refractivity contribution < 1.29 is 10.2 Å². The summed E-state index contributed by atoms with van der Waals surface area (Å²) in [5.74, 6) is 0. The Hall–Kier alpha value is -0.940. The predicted molar refractivity (Wildman–Crippen MR) is 73.0 cm³/mol. The number of hydrogen-bond donors (Lipinski definition) is 4. The second-order valence-electron chi connectivity index (χ2n) is 4.91. The van der Waals surface area contributed by atoms with E-state index in [-0.39, 0.29) is 0 Å². The monoisotopic (exact) mass is 252 g/mol. The Bertz CT molecular complexity index is 390. The van der Waals surface area contributed by atoms with Gasteiger partial charge in [0.25, 0.3) is 0 Å². The van der Waals surface area contributed by atoms with Gasteiger partial charge in [0, 0.05) is 13.1 Å². The fourth-order valence-corrected chi connectivity index (χ4v) is 2.23. The van der Waals surface area contributed by atoms with Crippen LogP contribution in [0.1, 0.15) is 36.1 Å². The molecule has 1 aromatic rings. The van der Waals surface area contributed by atoms with Crippen molar-refractivity contribution in [2.75, 3.05) is 0 Å². The highest BCUT2D eigenvalue weighted by atomic mass is 16.3. The summed E-state index contributed by atoms with van der Waals surface area (Å²) in [4.78, 5) is 0. The molecule has 0 amide bonds. The summed E-state index contributed by atoms with van der Waals surface area (Å²) in [5, 5.41) is 19.1. The van der Waals surface area contributed by atoms with E-state index < -0.39 is 12.2 Å². The van der Waals surface area contributed by atoms with E-state index in [1.807, 2.05) is 12.1 Å². The molecule has 0 saturated carbocycles. The minimum atomic E-state index is -0.424. The van der Waals surface area contributed by atoms with Gasteiger partial charge in [-0.05, 0) is 48.9 Å². The third-order valence-electron chi connectivity index (χ3n) is 2.96. The molecule has 4 nitrogen and oxygen atoms in total. The van der Waals surface area contributed by atoms with Gasteiger partial charge in [0.05, 0.1) is 12.2 Å². The van der Waals surface area contributed by atoms with Crippen LogP contribution in [-0.2, 0) is 25.9 Å². The molecule has 0 aliphatic rings. The molecular weight excluding hydrogens is 228 g/mol. The highest BCUT2D eigenvalue weighted by molar-refractivity contribution is 5.40. The smallest absolute Gasteiger partial charge is 0.0552 e. The van der Waals surface area contributed by atoms with Crippen molar-refractivity contribution in [2.45, 2.75) is 52.0 Å². The van der Waals surface area contributed by atoms with Crippen molar-refractivity contribution in [1.29, 1.82) is 0 Å². The first-order valence-electron chi connectivity index (χ1n) is 6.37. The quantitative estimate of drug-likeness (QED) is 0.591. The normalized spacial score (nSPS) is 14.6. The summed E-state index contributed by atoms with van der Waals surface area (Å²) in [6.45, 7) is 4.38. The summed E-state index contributed by atoms with van der Waals surface area (Å²) in [6, 6.07) is 3.99. The van der Waals surface area contributed by atoms with Gasteiger partial charge in [0.15, 0.2) is 0 Å². The third-order valence-corrected chi connectivity index (χ3v) is 2.96. The van der Waals surface area contributed by atoms with Crippen LogP contribution < -0.4 is 11.5 Å². The summed E-state index contributed by atoms with van der Waals surface area (Å²) in [7, 11) is 0. The first-order chi connectivity index (χ1) is 8.47. The molecule has 0 spiro atoms. The molecule has 0 aliphatic carbocycles. The maximum atomic E-state index is 9.58. The lowest BCUT2D eigenvalue weighted by atomic mass is 9.91. The molecule has 4 heteroatoms. The molecule has 1 rings (SSSR count). The minimum Gasteiger partial charge on any atom is -0.393 e. The van der Waals surface area contributed by atoms with Crippen molar-refractivity contribution in [3.8, 4) is 0 Å². The Kier molecular flexibility index (Phi) is 5.75. The highest BCUT2D eigenvalue weighted by Gasteiger charge is 2.13. The average Bonchev–Trinajstić information content (AvgIpc) is 2.29. The highest BCUT2D eigenvalue weighted by Crippen LogP contribution is 2.21. The lowest BCUT2D eigenvalue weighted by molar-refractivity contribution is 0.188. The van der Waals surface area contributed by atoms with Crippen molar-refractivity contribution in [1.82, 2.24) is 0 Å². The molecule has 18 heavy (non-hydrogen) atoms. The first-order valence-corrected chi connectivity index (χ1v) is 6.37. The van der Waals surface area contributed by atoms with E-state index in [0.29, 0.717) is 25.9 Å². The van der Waals surface area contributed by atoms with Gasteiger partial charge in [-0.1, -0.05) is 12.1 Å². The standard InChI is InChI=1S/C14H24N2O2/c1-9(17)3-12-5-11(7-15)6-13(8-16)14(12)4-10(2)18/h5-6,9-10,17-18H,3-4,7-8,15-16H2,1-2H3. The van der Waals surface area contributed by atoms with Crippen molar-refractivity contribution >= 4 is 0 Å². The molecule has 1 aromatic carbocycles. The van der Waals surface area contributed by atoms with Gasteiger partial charge < -0.3 is 21.7 Å². The molecule has 6 N–H and O–H groups in total. The van der Waals surface area contributed by atoms with Crippen LogP contribution in [0.2, 0.25) is 0 Å².